The number of sulfonamides is 1. The summed E-state index contributed by atoms with van der Waals surface area (Å²) in [7, 11) is -1.88. The standard InChI is InChI=1S/C21H26ClN3O4S/c1-29-20-7-2-4-17(14-20)16-24(21(26)18-5-3-6-19(22)15-18)12-13-30(27,28)25-10-8-23-9-11-25/h2-7,14-15,23H,8-13,16H2,1H3. The van der Waals surface area contributed by atoms with Crippen LogP contribution in [0, 0.1) is 0 Å². The molecule has 2 aromatic carbocycles. The zero-order valence-corrected chi connectivity index (χ0v) is 18.5. The Kier molecular flexibility index (Phi) is 7.71. The molecule has 0 saturated carbocycles. The molecule has 1 amide bonds. The van der Waals surface area contributed by atoms with Gasteiger partial charge < -0.3 is 15.0 Å². The van der Waals surface area contributed by atoms with Crippen LogP contribution in [0.5, 0.6) is 5.75 Å². The maximum Gasteiger partial charge on any atom is 0.254 e. The van der Waals surface area contributed by atoms with E-state index in [4.69, 9.17) is 16.3 Å². The van der Waals surface area contributed by atoms with Crippen LogP contribution in [0.1, 0.15) is 15.9 Å². The molecule has 1 saturated heterocycles. The highest BCUT2D eigenvalue weighted by atomic mass is 35.5. The predicted octanol–water partition coefficient (Wildman–Crippen LogP) is 2.23. The second kappa shape index (κ2) is 10.3. The number of amides is 1. The first-order chi connectivity index (χ1) is 14.4. The summed E-state index contributed by atoms with van der Waals surface area (Å²) in [6.45, 7) is 2.50. The van der Waals surface area contributed by atoms with Crippen molar-refractivity contribution in [2.75, 3.05) is 45.6 Å². The Morgan fingerprint density at radius 2 is 1.90 bits per heavy atom. The molecule has 1 N–H and O–H groups in total. The van der Waals surface area contributed by atoms with Gasteiger partial charge in [0, 0.05) is 49.9 Å². The highest BCUT2D eigenvalue weighted by Crippen LogP contribution is 2.18. The Hall–Kier alpha value is -2.13. The summed E-state index contributed by atoms with van der Waals surface area (Å²) in [5.74, 6) is 0.274. The molecule has 1 heterocycles. The van der Waals surface area contributed by atoms with E-state index in [1.165, 1.54) is 4.31 Å². The van der Waals surface area contributed by atoms with Crippen LogP contribution in [0.3, 0.4) is 0 Å². The molecule has 1 fully saturated rings. The first-order valence-corrected chi connectivity index (χ1v) is 11.7. The van der Waals surface area contributed by atoms with Crippen LogP contribution < -0.4 is 10.1 Å². The van der Waals surface area contributed by atoms with E-state index in [0.29, 0.717) is 42.5 Å². The lowest BCUT2D eigenvalue weighted by molar-refractivity contribution is 0.0753. The summed E-state index contributed by atoms with van der Waals surface area (Å²) >= 11 is 6.05. The molecule has 30 heavy (non-hydrogen) atoms. The molecule has 0 aromatic heterocycles. The van der Waals surface area contributed by atoms with Crippen LogP contribution in [-0.2, 0) is 16.6 Å². The lowest BCUT2D eigenvalue weighted by Crippen LogP contribution is -2.48. The third-order valence-corrected chi connectivity index (χ3v) is 7.04. The van der Waals surface area contributed by atoms with Crippen molar-refractivity contribution in [3.05, 3.63) is 64.7 Å². The van der Waals surface area contributed by atoms with Crippen molar-refractivity contribution in [3.8, 4) is 5.75 Å². The number of nitrogens with zero attached hydrogens (tertiary/aromatic N) is 2. The highest BCUT2D eigenvalue weighted by Gasteiger charge is 2.26. The van der Waals surface area contributed by atoms with E-state index in [0.717, 1.165) is 5.56 Å². The topological polar surface area (TPSA) is 79.0 Å². The van der Waals surface area contributed by atoms with E-state index < -0.39 is 10.0 Å². The van der Waals surface area contributed by atoms with Gasteiger partial charge in [-0.25, -0.2) is 8.42 Å². The minimum Gasteiger partial charge on any atom is -0.497 e. The summed E-state index contributed by atoms with van der Waals surface area (Å²) < 4.78 is 32.3. The van der Waals surface area contributed by atoms with Crippen LogP contribution in [0.25, 0.3) is 0 Å². The van der Waals surface area contributed by atoms with Crippen molar-refractivity contribution in [1.29, 1.82) is 0 Å². The average molecular weight is 452 g/mol. The van der Waals surface area contributed by atoms with Gasteiger partial charge >= 0.3 is 0 Å². The number of methoxy groups -OCH3 is 1. The monoisotopic (exact) mass is 451 g/mol. The number of piperazine rings is 1. The van der Waals surface area contributed by atoms with Crippen molar-refractivity contribution in [2.45, 2.75) is 6.54 Å². The molecule has 9 heteroatoms. The number of hydrogen-bond acceptors (Lipinski definition) is 5. The number of nitrogens with one attached hydrogen (secondary N) is 1. The van der Waals surface area contributed by atoms with E-state index >= 15 is 0 Å². The fourth-order valence-electron chi connectivity index (χ4n) is 3.32. The van der Waals surface area contributed by atoms with Crippen molar-refractivity contribution in [3.63, 3.8) is 0 Å². The van der Waals surface area contributed by atoms with Crippen molar-refractivity contribution < 1.29 is 17.9 Å². The first kappa shape index (κ1) is 22.6. The van der Waals surface area contributed by atoms with Gasteiger partial charge in [-0.3, -0.25) is 4.79 Å². The van der Waals surface area contributed by atoms with Gasteiger partial charge in [-0.05, 0) is 35.9 Å². The van der Waals surface area contributed by atoms with Gasteiger partial charge in [0.25, 0.3) is 5.91 Å². The zero-order chi connectivity index (χ0) is 21.6. The van der Waals surface area contributed by atoms with Gasteiger partial charge in [0.2, 0.25) is 10.0 Å². The van der Waals surface area contributed by atoms with Gasteiger partial charge in [0.05, 0.1) is 12.9 Å². The fourth-order valence-corrected chi connectivity index (χ4v) is 4.96. The molecule has 0 spiro atoms. The van der Waals surface area contributed by atoms with Crippen LogP contribution >= 0.6 is 11.6 Å². The Morgan fingerprint density at radius 1 is 1.17 bits per heavy atom. The number of rotatable bonds is 8. The number of carbonyl (C=O) groups excluding carboxylic acids is 1. The summed E-state index contributed by atoms with van der Waals surface area (Å²) in [6, 6.07) is 14.0. The molecule has 0 aliphatic carbocycles. The van der Waals surface area contributed by atoms with E-state index in [2.05, 4.69) is 5.32 Å². The van der Waals surface area contributed by atoms with Crippen molar-refractivity contribution in [2.24, 2.45) is 0 Å². The van der Waals surface area contributed by atoms with Gasteiger partial charge in [0.1, 0.15) is 5.75 Å². The molecule has 2 aromatic rings. The summed E-state index contributed by atoms with van der Waals surface area (Å²) in [6.07, 6.45) is 0. The van der Waals surface area contributed by atoms with Crippen LogP contribution in [0.4, 0.5) is 0 Å². The third-order valence-electron chi connectivity index (χ3n) is 4.95. The first-order valence-electron chi connectivity index (χ1n) is 9.75. The van der Waals surface area contributed by atoms with Gasteiger partial charge in [-0.2, -0.15) is 4.31 Å². The SMILES string of the molecule is COc1cccc(CN(CCS(=O)(=O)N2CCNCC2)C(=O)c2cccc(Cl)c2)c1. The Bertz CT molecular complexity index is 978. The fraction of sp³-hybridized carbons (Fsp3) is 0.381. The second-order valence-electron chi connectivity index (χ2n) is 7.05. The second-order valence-corrected chi connectivity index (χ2v) is 9.58. The minimum atomic E-state index is -3.46. The summed E-state index contributed by atoms with van der Waals surface area (Å²) in [4.78, 5) is 14.7. The van der Waals surface area contributed by atoms with Gasteiger partial charge in [0.15, 0.2) is 0 Å². The third kappa shape index (κ3) is 5.95. The largest absolute Gasteiger partial charge is 0.497 e. The molecule has 1 aliphatic rings. The zero-order valence-electron chi connectivity index (χ0n) is 16.9. The smallest absolute Gasteiger partial charge is 0.254 e. The highest BCUT2D eigenvalue weighted by molar-refractivity contribution is 7.89. The molecule has 3 rings (SSSR count). The number of benzene rings is 2. The molecule has 1 aliphatic heterocycles. The van der Waals surface area contributed by atoms with Gasteiger partial charge in [-0.1, -0.05) is 29.8 Å². The molecular weight excluding hydrogens is 426 g/mol. The Labute approximate surface area is 182 Å². The Morgan fingerprint density at radius 3 is 2.60 bits per heavy atom. The Balaban J connectivity index is 1.80. The quantitative estimate of drug-likeness (QED) is 0.665. The van der Waals surface area contributed by atoms with E-state index in [1.807, 2.05) is 24.3 Å². The summed E-state index contributed by atoms with van der Waals surface area (Å²) in [5.41, 5.74) is 1.27. The average Bonchev–Trinajstić information content (AvgIpc) is 2.77. The number of ether oxygens (including phenoxy) is 1. The van der Waals surface area contributed by atoms with Crippen LogP contribution in [-0.4, -0.2) is 69.1 Å². The summed E-state index contributed by atoms with van der Waals surface area (Å²) in [5, 5.41) is 3.60. The van der Waals surface area contributed by atoms with Crippen LogP contribution in [0.2, 0.25) is 5.02 Å². The maximum atomic E-state index is 13.2. The lowest BCUT2D eigenvalue weighted by Gasteiger charge is -2.28. The lowest BCUT2D eigenvalue weighted by atomic mass is 10.1. The van der Waals surface area contributed by atoms with Crippen molar-refractivity contribution >= 4 is 27.5 Å². The maximum absolute atomic E-state index is 13.2. The van der Waals surface area contributed by atoms with Gasteiger partial charge in [-0.15, -0.1) is 0 Å². The van der Waals surface area contributed by atoms with E-state index in [-0.39, 0.29) is 24.7 Å². The normalized spacial score (nSPS) is 15.0. The molecule has 0 atom stereocenters. The predicted molar refractivity (Wildman–Crippen MR) is 117 cm³/mol. The molecule has 0 radical (unpaired) electrons. The minimum absolute atomic E-state index is 0.0782. The number of hydrogen-bond donors (Lipinski definition) is 1. The molecular formula is C21H26ClN3O4S. The number of halogens is 1. The molecule has 0 unspecified atom stereocenters. The van der Waals surface area contributed by atoms with Crippen molar-refractivity contribution in [1.82, 2.24) is 14.5 Å². The van der Waals surface area contributed by atoms with Crippen LogP contribution in [0.15, 0.2) is 48.5 Å². The number of carbonyl (C=O) groups is 1. The van der Waals surface area contributed by atoms with E-state index in [9.17, 15) is 13.2 Å². The molecule has 0 bridgehead atoms. The molecule has 7 nitrogen and oxygen atoms in total. The van der Waals surface area contributed by atoms with E-state index in [1.54, 1.807) is 36.3 Å². The molecule has 162 valence electrons.